The van der Waals surface area contributed by atoms with Gasteiger partial charge in [0.2, 0.25) is 0 Å². The molecule has 18 heavy (non-hydrogen) atoms. The van der Waals surface area contributed by atoms with Crippen molar-refractivity contribution in [2.24, 2.45) is 10.2 Å². The first-order valence-corrected chi connectivity index (χ1v) is 5.20. The second kappa shape index (κ2) is 5.58. The van der Waals surface area contributed by atoms with Crippen molar-refractivity contribution in [2.75, 3.05) is 0 Å². The lowest BCUT2D eigenvalue weighted by Gasteiger charge is -1.95. The summed E-state index contributed by atoms with van der Waals surface area (Å²) < 4.78 is 4.93. The Kier molecular flexibility index (Phi) is 3.66. The minimum atomic E-state index is -0.526. The van der Waals surface area contributed by atoms with Gasteiger partial charge in [0.25, 0.3) is 5.78 Å². The zero-order valence-electron chi connectivity index (χ0n) is 9.35. The minimum Gasteiger partial charge on any atom is -0.513 e. The van der Waals surface area contributed by atoms with Gasteiger partial charge in [-0.2, -0.15) is 5.11 Å². The van der Waals surface area contributed by atoms with Crippen molar-refractivity contribution >= 4 is 11.5 Å². The third kappa shape index (κ3) is 2.70. The molecule has 0 saturated heterocycles. The molecule has 2 rings (SSSR count). The topological polar surface area (TPSA) is 75.2 Å². The van der Waals surface area contributed by atoms with Crippen LogP contribution in [0.5, 0.6) is 0 Å². The molecule has 0 radical (unpaired) electrons. The van der Waals surface area contributed by atoms with Crippen LogP contribution in [0, 0.1) is 0 Å². The number of ketones is 1. The number of Topliss-reactive ketones (excluding diaryl/α,β-unsaturated/α-hetero) is 1. The Morgan fingerprint density at radius 1 is 1.17 bits per heavy atom. The molecule has 0 amide bonds. The predicted molar refractivity (Wildman–Crippen MR) is 64.7 cm³/mol. The van der Waals surface area contributed by atoms with Gasteiger partial charge >= 0.3 is 0 Å². The number of carbonyl (C=O) groups is 1. The quantitative estimate of drug-likeness (QED) is 0.385. The van der Waals surface area contributed by atoms with Gasteiger partial charge in [-0.1, -0.05) is 18.2 Å². The number of aliphatic hydroxyl groups is 1. The van der Waals surface area contributed by atoms with Crippen molar-refractivity contribution in [1.82, 2.24) is 0 Å². The average Bonchev–Trinajstić information content (AvgIpc) is 2.94. The van der Waals surface area contributed by atoms with Crippen LogP contribution in [0.15, 0.2) is 75.3 Å². The Hall–Kier alpha value is -2.69. The van der Waals surface area contributed by atoms with Gasteiger partial charge in [-0.3, -0.25) is 4.79 Å². The van der Waals surface area contributed by atoms with E-state index in [1.54, 1.807) is 30.3 Å². The second-order valence-corrected chi connectivity index (χ2v) is 3.36. The Labute approximate surface area is 103 Å². The van der Waals surface area contributed by atoms with E-state index < -0.39 is 5.78 Å². The van der Waals surface area contributed by atoms with Crippen LogP contribution in [-0.4, -0.2) is 10.9 Å². The molecule has 0 saturated carbocycles. The van der Waals surface area contributed by atoms with Crippen molar-refractivity contribution in [2.45, 2.75) is 0 Å². The maximum absolute atomic E-state index is 11.8. The molecule has 0 fully saturated rings. The zero-order chi connectivity index (χ0) is 12.8. The molecule has 1 heterocycles. The third-order valence-electron chi connectivity index (χ3n) is 2.13. The highest BCUT2D eigenvalue weighted by Crippen LogP contribution is 2.15. The number of benzene rings is 1. The second-order valence-electron chi connectivity index (χ2n) is 3.36. The highest BCUT2D eigenvalue weighted by Gasteiger charge is 2.14. The van der Waals surface area contributed by atoms with E-state index in [0.717, 1.165) is 0 Å². The Morgan fingerprint density at radius 3 is 2.56 bits per heavy atom. The molecule has 0 bridgehead atoms. The van der Waals surface area contributed by atoms with Crippen LogP contribution in [-0.2, 0) is 0 Å². The Bertz CT molecular complexity index is 572. The SMILES string of the molecule is O=C(/C(=C/O)N=Nc1ccccc1)c1ccco1. The van der Waals surface area contributed by atoms with Gasteiger partial charge in [0.15, 0.2) is 11.5 Å². The van der Waals surface area contributed by atoms with Crippen molar-refractivity contribution in [1.29, 1.82) is 0 Å². The van der Waals surface area contributed by atoms with E-state index in [-0.39, 0.29) is 11.5 Å². The summed E-state index contributed by atoms with van der Waals surface area (Å²) in [4.78, 5) is 11.8. The van der Waals surface area contributed by atoms with Crippen LogP contribution in [0.2, 0.25) is 0 Å². The number of nitrogens with zero attached hydrogens (tertiary/aromatic N) is 2. The van der Waals surface area contributed by atoms with E-state index in [0.29, 0.717) is 11.9 Å². The third-order valence-corrected chi connectivity index (χ3v) is 2.13. The zero-order valence-corrected chi connectivity index (χ0v) is 9.35. The standard InChI is InChI=1S/C13H10N2O3/c16-9-11(13(17)12-7-4-8-18-12)15-14-10-5-2-1-3-6-10/h1-9,16H/b11-9-,15-14?. The monoisotopic (exact) mass is 242 g/mol. The molecule has 1 N–H and O–H groups in total. The molecule has 0 aliphatic rings. The summed E-state index contributed by atoms with van der Waals surface area (Å²) in [6.45, 7) is 0. The normalized spacial score (nSPS) is 11.9. The van der Waals surface area contributed by atoms with Crippen molar-refractivity contribution in [3.63, 3.8) is 0 Å². The van der Waals surface area contributed by atoms with E-state index in [9.17, 15) is 4.79 Å². The van der Waals surface area contributed by atoms with Gasteiger partial charge in [-0.25, -0.2) is 0 Å². The molecule has 0 unspecified atom stereocenters. The van der Waals surface area contributed by atoms with Crippen molar-refractivity contribution in [3.8, 4) is 0 Å². The maximum atomic E-state index is 11.8. The van der Waals surface area contributed by atoms with Crippen LogP contribution in [0.4, 0.5) is 5.69 Å². The summed E-state index contributed by atoms with van der Waals surface area (Å²) >= 11 is 0. The molecule has 5 nitrogen and oxygen atoms in total. The number of hydrogen-bond donors (Lipinski definition) is 1. The summed E-state index contributed by atoms with van der Waals surface area (Å²) in [5, 5.41) is 16.5. The Balaban J connectivity index is 2.16. The van der Waals surface area contributed by atoms with Crippen LogP contribution in [0.3, 0.4) is 0 Å². The number of hydrogen-bond acceptors (Lipinski definition) is 5. The maximum Gasteiger partial charge on any atom is 0.251 e. The van der Waals surface area contributed by atoms with Gasteiger partial charge in [0, 0.05) is 0 Å². The molecule has 0 spiro atoms. The van der Waals surface area contributed by atoms with Crippen LogP contribution < -0.4 is 0 Å². The molecular formula is C13H10N2O3. The summed E-state index contributed by atoms with van der Waals surface area (Å²) in [7, 11) is 0. The molecule has 0 atom stereocenters. The molecule has 2 aromatic rings. The highest BCUT2D eigenvalue weighted by molar-refractivity contribution is 6.06. The van der Waals surface area contributed by atoms with E-state index >= 15 is 0 Å². The number of aliphatic hydroxyl groups excluding tert-OH is 1. The van der Waals surface area contributed by atoms with Gasteiger partial charge in [0.1, 0.15) is 6.26 Å². The van der Waals surface area contributed by atoms with E-state index in [4.69, 9.17) is 9.52 Å². The first-order chi connectivity index (χ1) is 8.81. The fraction of sp³-hybridized carbons (Fsp3) is 0. The highest BCUT2D eigenvalue weighted by atomic mass is 16.3. The van der Waals surface area contributed by atoms with Gasteiger partial charge < -0.3 is 9.52 Å². The molecule has 0 aliphatic carbocycles. The lowest BCUT2D eigenvalue weighted by atomic mass is 10.2. The largest absolute Gasteiger partial charge is 0.513 e. The van der Waals surface area contributed by atoms with Crippen molar-refractivity contribution in [3.05, 3.63) is 66.4 Å². The van der Waals surface area contributed by atoms with Crippen LogP contribution in [0.1, 0.15) is 10.6 Å². The van der Waals surface area contributed by atoms with Gasteiger partial charge in [-0.05, 0) is 24.3 Å². The molecular weight excluding hydrogens is 232 g/mol. The van der Waals surface area contributed by atoms with Crippen LogP contribution >= 0.6 is 0 Å². The molecule has 0 aliphatic heterocycles. The smallest absolute Gasteiger partial charge is 0.251 e. The number of carbonyl (C=O) groups excluding carboxylic acids is 1. The summed E-state index contributed by atoms with van der Waals surface area (Å²) in [6.07, 6.45) is 1.98. The number of allylic oxidation sites excluding steroid dienone is 1. The number of azo groups is 1. The molecule has 1 aromatic carbocycles. The number of furan rings is 1. The van der Waals surface area contributed by atoms with Crippen LogP contribution in [0.25, 0.3) is 0 Å². The Morgan fingerprint density at radius 2 is 1.94 bits per heavy atom. The molecule has 90 valence electrons. The molecule has 5 heteroatoms. The summed E-state index contributed by atoms with van der Waals surface area (Å²) in [5.74, 6) is -0.426. The number of rotatable bonds is 4. The van der Waals surface area contributed by atoms with Gasteiger partial charge in [-0.15, -0.1) is 5.11 Å². The first-order valence-electron chi connectivity index (χ1n) is 5.20. The van der Waals surface area contributed by atoms with E-state index in [1.807, 2.05) is 6.07 Å². The van der Waals surface area contributed by atoms with Crippen molar-refractivity contribution < 1.29 is 14.3 Å². The van der Waals surface area contributed by atoms with Gasteiger partial charge in [0.05, 0.1) is 12.0 Å². The minimum absolute atomic E-state index is 0.0994. The van der Waals surface area contributed by atoms with E-state index in [1.165, 1.54) is 12.3 Å². The molecule has 1 aromatic heterocycles. The fourth-order valence-electron chi connectivity index (χ4n) is 1.27. The predicted octanol–water partition coefficient (Wildman–Crippen LogP) is 3.65. The average molecular weight is 242 g/mol. The lowest BCUT2D eigenvalue weighted by Crippen LogP contribution is -1.99. The summed E-state index contributed by atoms with van der Waals surface area (Å²) in [6, 6.07) is 12.0. The lowest BCUT2D eigenvalue weighted by molar-refractivity contribution is 0.0999. The summed E-state index contributed by atoms with van der Waals surface area (Å²) in [5.41, 5.74) is 0.401. The first kappa shape index (κ1) is 11.8. The fourth-order valence-corrected chi connectivity index (χ4v) is 1.27. The van der Waals surface area contributed by atoms with E-state index in [2.05, 4.69) is 10.2 Å².